The third-order valence-corrected chi connectivity index (χ3v) is 3.82. The summed E-state index contributed by atoms with van der Waals surface area (Å²) < 4.78 is 43.4. The Balaban J connectivity index is 2.03. The van der Waals surface area contributed by atoms with E-state index < -0.39 is 23.6 Å². The molecule has 136 valence electrons. The van der Waals surface area contributed by atoms with E-state index in [1.54, 1.807) is 32.7 Å². The maximum atomic E-state index is 12.7. The minimum absolute atomic E-state index is 0.139. The lowest BCUT2D eigenvalue weighted by atomic mass is 10.0. The fourth-order valence-electron chi connectivity index (χ4n) is 2.58. The molecule has 9 heteroatoms. The molecule has 24 heavy (non-hydrogen) atoms. The van der Waals surface area contributed by atoms with Gasteiger partial charge in [-0.2, -0.15) is 18.3 Å². The zero-order valence-electron chi connectivity index (χ0n) is 14.3. The second-order valence-corrected chi connectivity index (χ2v) is 6.97. The van der Waals surface area contributed by atoms with Gasteiger partial charge < -0.3 is 14.5 Å². The summed E-state index contributed by atoms with van der Waals surface area (Å²) in [6.45, 7) is 6.37. The van der Waals surface area contributed by atoms with Crippen molar-refractivity contribution in [1.29, 1.82) is 0 Å². The highest BCUT2D eigenvalue weighted by Crippen LogP contribution is 2.30. The van der Waals surface area contributed by atoms with E-state index in [0.717, 1.165) is 18.9 Å². The van der Waals surface area contributed by atoms with Crippen LogP contribution in [0.4, 0.5) is 23.8 Å². The predicted octanol–water partition coefficient (Wildman–Crippen LogP) is 3.26. The number of carbonyl (C=O) groups is 1. The van der Waals surface area contributed by atoms with Gasteiger partial charge in [0.25, 0.3) is 0 Å². The summed E-state index contributed by atoms with van der Waals surface area (Å²) in [5, 5.41) is 5.77. The molecular formula is C15H23F3N4O2. The number of amides is 1. The van der Waals surface area contributed by atoms with Crippen LogP contribution in [-0.2, 0) is 10.9 Å². The number of ether oxygens (including phenoxy) is 1. The Kier molecular flexibility index (Phi) is 5.00. The van der Waals surface area contributed by atoms with Gasteiger partial charge in [-0.05, 0) is 33.6 Å². The number of rotatable bonds is 2. The van der Waals surface area contributed by atoms with E-state index in [4.69, 9.17) is 4.74 Å². The lowest BCUT2D eigenvalue weighted by Crippen LogP contribution is -2.49. The molecule has 1 aromatic rings. The Hall–Kier alpha value is -1.93. The summed E-state index contributed by atoms with van der Waals surface area (Å²) in [5.74, 6) is 0.240. The van der Waals surface area contributed by atoms with Crippen molar-refractivity contribution in [2.75, 3.05) is 25.0 Å². The van der Waals surface area contributed by atoms with Crippen LogP contribution in [0.15, 0.2) is 6.07 Å². The monoisotopic (exact) mass is 348 g/mol. The highest BCUT2D eigenvalue weighted by atomic mass is 19.4. The Morgan fingerprint density at radius 1 is 1.42 bits per heavy atom. The number of H-pyrrole nitrogens is 1. The third kappa shape index (κ3) is 4.55. The van der Waals surface area contributed by atoms with Crippen molar-refractivity contribution in [2.24, 2.45) is 0 Å². The lowest BCUT2D eigenvalue weighted by molar-refractivity contribution is -0.141. The number of hydrogen-bond acceptors (Lipinski definition) is 4. The van der Waals surface area contributed by atoms with Crippen LogP contribution in [0.2, 0.25) is 0 Å². The SMILES string of the molecule is CN(C(=O)OC(C)(C)C)[C@@H]1CCCN(c2cc(C(F)(F)F)[nH]n2)C1. The molecule has 1 aromatic heterocycles. The Labute approximate surface area is 138 Å². The summed E-state index contributed by atoms with van der Waals surface area (Å²) in [4.78, 5) is 15.4. The van der Waals surface area contributed by atoms with Gasteiger partial charge in [-0.15, -0.1) is 0 Å². The van der Waals surface area contributed by atoms with Gasteiger partial charge in [-0.1, -0.05) is 0 Å². The van der Waals surface area contributed by atoms with Crippen LogP contribution in [-0.4, -0.2) is 53.0 Å². The van der Waals surface area contributed by atoms with Crippen LogP contribution < -0.4 is 4.90 Å². The van der Waals surface area contributed by atoms with E-state index in [1.165, 1.54) is 4.90 Å². The molecule has 0 aromatic carbocycles. The smallest absolute Gasteiger partial charge is 0.432 e. The molecule has 0 unspecified atom stereocenters. The molecule has 2 rings (SSSR count). The number of carbonyl (C=O) groups excluding carboxylic acids is 1. The number of hydrogen-bond donors (Lipinski definition) is 1. The minimum Gasteiger partial charge on any atom is -0.444 e. The van der Waals surface area contributed by atoms with Crippen LogP contribution in [0, 0.1) is 0 Å². The number of halogens is 3. The fourth-order valence-corrected chi connectivity index (χ4v) is 2.58. The zero-order chi connectivity index (χ0) is 18.1. The molecule has 6 nitrogen and oxygen atoms in total. The molecule has 1 saturated heterocycles. The van der Waals surface area contributed by atoms with Crippen molar-refractivity contribution in [2.45, 2.75) is 51.4 Å². The molecule has 1 amide bonds. The quantitative estimate of drug-likeness (QED) is 0.891. The first-order valence-corrected chi connectivity index (χ1v) is 7.81. The number of likely N-dealkylation sites (N-methyl/N-ethyl adjacent to an activating group) is 1. The molecule has 0 aliphatic carbocycles. The standard InChI is InChI=1S/C15H23F3N4O2/c1-14(2,3)24-13(23)21(4)10-6-5-7-22(9-10)12-8-11(19-20-12)15(16,17)18/h8,10H,5-7,9H2,1-4H3,(H,19,20)/t10-/m1/s1. The summed E-state index contributed by atoms with van der Waals surface area (Å²) in [6, 6.07) is 0.857. The van der Waals surface area contributed by atoms with Gasteiger partial charge in [-0.25, -0.2) is 4.79 Å². The van der Waals surface area contributed by atoms with Gasteiger partial charge in [0.15, 0.2) is 5.82 Å². The van der Waals surface area contributed by atoms with Crippen molar-refractivity contribution < 1.29 is 22.7 Å². The minimum atomic E-state index is -4.45. The fraction of sp³-hybridized carbons (Fsp3) is 0.733. The van der Waals surface area contributed by atoms with Crippen LogP contribution in [0.5, 0.6) is 0 Å². The summed E-state index contributed by atoms with van der Waals surface area (Å²) >= 11 is 0. The molecule has 0 saturated carbocycles. The van der Waals surface area contributed by atoms with E-state index in [0.29, 0.717) is 13.1 Å². The van der Waals surface area contributed by atoms with Crippen LogP contribution >= 0.6 is 0 Å². The Morgan fingerprint density at radius 3 is 2.62 bits per heavy atom. The number of piperidine rings is 1. The van der Waals surface area contributed by atoms with E-state index in [9.17, 15) is 18.0 Å². The molecule has 2 heterocycles. The largest absolute Gasteiger partial charge is 0.444 e. The number of anilines is 1. The van der Waals surface area contributed by atoms with Crippen LogP contribution in [0.3, 0.4) is 0 Å². The summed E-state index contributed by atoms with van der Waals surface area (Å²) in [7, 11) is 1.65. The van der Waals surface area contributed by atoms with E-state index in [1.807, 2.05) is 5.10 Å². The lowest BCUT2D eigenvalue weighted by Gasteiger charge is -2.38. The molecule has 0 bridgehead atoms. The van der Waals surface area contributed by atoms with Gasteiger partial charge in [0.1, 0.15) is 11.3 Å². The highest BCUT2D eigenvalue weighted by Gasteiger charge is 2.35. The first-order chi connectivity index (χ1) is 11.0. The molecule has 1 aliphatic rings. The molecule has 1 N–H and O–H groups in total. The Morgan fingerprint density at radius 2 is 2.08 bits per heavy atom. The number of nitrogens with one attached hydrogen (secondary N) is 1. The van der Waals surface area contributed by atoms with Crippen molar-refractivity contribution in [3.63, 3.8) is 0 Å². The van der Waals surface area contributed by atoms with Gasteiger partial charge >= 0.3 is 12.3 Å². The summed E-state index contributed by atoms with van der Waals surface area (Å²) in [5.41, 5.74) is -1.47. The average molecular weight is 348 g/mol. The molecule has 1 fully saturated rings. The molecule has 1 atom stereocenters. The topological polar surface area (TPSA) is 61.5 Å². The predicted molar refractivity (Wildman–Crippen MR) is 82.8 cm³/mol. The van der Waals surface area contributed by atoms with Crippen LogP contribution in [0.1, 0.15) is 39.3 Å². The van der Waals surface area contributed by atoms with Crippen LogP contribution in [0.25, 0.3) is 0 Å². The first-order valence-electron chi connectivity index (χ1n) is 7.81. The Bertz CT molecular complexity index is 580. The zero-order valence-corrected chi connectivity index (χ0v) is 14.3. The van der Waals surface area contributed by atoms with Crippen molar-refractivity contribution in [1.82, 2.24) is 15.1 Å². The molecule has 0 radical (unpaired) electrons. The third-order valence-electron chi connectivity index (χ3n) is 3.82. The number of alkyl halides is 3. The van der Waals surface area contributed by atoms with Crippen molar-refractivity contribution >= 4 is 11.9 Å². The van der Waals surface area contributed by atoms with Gasteiger partial charge in [0.2, 0.25) is 0 Å². The number of aromatic amines is 1. The average Bonchev–Trinajstić information content (AvgIpc) is 2.94. The maximum absolute atomic E-state index is 12.7. The van der Waals surface area contributed by atoms with Crippen molar-refractivity contribution in [3.05, 3.63) is 11.8 Å². The molecule has 1 aliphatic heterocycles. The number of aromatic nitrogens is 2. The highest BCUT2D eigenvalue weighted by molar-refractivity contribution is 5.68. The van der Waals surface area contributed by atoms with Gasteiger partial charge in [-0.3, -0.25) is 5.10 Å². The normalized spacial score (nSPS) is 19.3. The first kappa shape index (κ1) is 18.4. The van der Waals surface area contributed by atoms with E-state index >= 15 is 0 Å². The summed E-state index contributed by atoms with van der Waals surface area (Å²) in [6.07, 6.45) is -3.37. The van der Waals surface area contributed by atoms with Gasteiger partial charge in [0, 0.05) is 26.2 Å². The second-order valence-electron chi connectivity index (χ2n) is 6.97. The number of nitrogens with zero attached hydrogens (tertiary/aromatic N) is 3. The molecular weight excluding hydrogens is 325 g/mol. The molecule has 0 spiro atoms. The van der Waals surface area contributed by atoms with Gasteiger partial charge in [0.05, 0.1) is 6.04 Å². The second kappa shape index (κ2) is 6.52. The van der Waals surface area contributed by atoms with E-state index in [2.05, 4.69) is 5.10 Å². The van der Waals surface area contributed by atoms with E-state index in [-0.39, 0.29) is 11.9 Å². The van der Waals surface area contributed by atoms with Crippen molar-refractivity contribution in [3.8, 4) is 0 Å². The maximum Gasteiger partial charge on any atom is 0.432 e.